The van der Waals surface area contributed by atoms with Gasteiger partial charge < -0.3 is 5.73 Å². The van der Waals surface area contributed by atoms with E-state index >= 15 is 0 Å². The van der Waals surface area contributed by atoms with Crippen LogP contribution >= 0.6 is 0 Å². The zero-order chi connectivity index (χ0) is 14.6. The lowest BCUT2D eigenvalue weighted by Crippen LogP contribution is -2.40. The van der Waals surface area contributed by atoms with Gasteiger partial charge in [0.1, 0.15) is 0 Å². The molecule has 1 aromatic rings. The van der Waals surface area contributed by atoms with Crippen molar-refractivity contribution in [2.24, 2.45) is 5.92 Å². The zero-order valence-electron chi connectivity index (χ0n) is 12.1. The largest absolute Gasteiger partial charge is 0.399 e. The maximum absolute atomic E-state index is 12.5. The third-order valence-electron chi connectivity index (χ3n) is 2.81. The molecule has 0 aliphatic carbocycles. The fourth-order valence-electron chi connectivity index (χ4n) is 1.91. The van der Waals surface area contributed by atoms with Crippen LogP contribution in [0.2, 0.25) is 0 Å². The number of sulfonamides is 1. The SMILES string of the molecule is CC(C)CN(C(C)C)S(=O)(=O)Cc1ccc(N)cc1. The molecule has 0 saturated carbocycles. The summed E-state index contributed by atoms with van der Waals surface area (Å²) in [5, 5.41) is 0. The maximum atomic E-state index is 12.5. The Labute approximate surface area is 116 Å². The van der Waals surface area contributed by atoms with Gasteiger partial charge in [-0.3, -0.25) is 0 Å². The second kappa shape index (κ2) is 6.39. The molecule has 108 valence electrons. The van der Waals surface area contributed by atoms with Gasteiger partial charge in [-0.15, -0.1) is 0 Å². The van der Waals surface area contributed by atoms with Crippen molar-refractivity contribution in [1.82, 2.24) is 4.31 Å². The summed E-state index contributed by atoms with van der Waals surface area (Å²) in [6, 6.07) is 6.96. The topological polar surface area (TPSA) is 63.4 Å². The molecular formula is C14H24N2O2S. The fraction of sp³-hybridized carbons (Fsp3) is 0.571. The van der Waals surface area contributed by atoms with Gasteiger partial charge in [0.25, 0.3) is 0 Å². The minimum atomic E-state index is -3.29. The Morgan fingerprint density at radius 2 is 1.63 bits per heavy atom. The highest BCUT2D eigenvalue weighted by Gasteiger charge is 2.25. The number of benzene rings is 1. The molecule has 0 saturated heterocycles. The Balaban J connectivity index is 2.91. The minimum Gasteiger partial charge on any atom is -0.399 e. The van der Waals surface area contributed by atoms with Gasteiger partial charge in [0.05, 0.1) is 5.75 Å². The smallest absolute Gasteiger partial charge is 0.218 e. The van der Waals surface area contributed by atoms with Crippen LogP contribution in [0.15, 0.2) is 24.3 Å². The second-order valence-corrected chi connectivity index (χ2v) is 7.48. The van der Waals surface area contributed by atoms with Crippen LogP contribution in [0, 0.1) is 5.92 Å². The monoisotopic (exact) mass is 284 g/mol. The van der Waals surface area contributed by atoms with Crippen LogP contribution in [0.4, 0.5) is 5.69 Å². The van der Waals surface area contributed by atoms with Crippen LogP contribution in [-0.4, -0.2) is 25.3 Å². The Hall–Kier alpha value is -1.07. The first-order valence-corrected chi connectivity index (χ1v) is 8.17. The summed E-state index contributed by atoms with van der Waals surface area (Å²) in [6.07, 6.45) is 0. The van der Waals surface area contributed by atoms with Gasteiger partial charge in [0.2, 0.25) is 10.0 Å². The van der Waals surface area contributed by atoms with Gasteiger partial charge in [-0.1, -0.05) is 26.0 Å². The van der Waals surface area contributed by atoms with Crippen LogP contribution < -0.4 is 5.73 Å². The molecule has 0 atom stereocenters. The average Bonchev–Trinajstić information content (AvgIpc) is 2.28. The van der Waals surface area contributed by atoms with E-state index in [-0.39, 0.29) is 11.8 Å². The normalized spacial score (nSPS) is 12.6. The first-order valence-electron chi connectivity index (χ1n) is 6.56. The van der Waals surface area contributed by atoms with Gasteiger partial charge in [-0.25, -0.2) is 8.42 Å². The van der Waals surface area contributed by atoms with Crippen molar-refractivity contribution < 1.29 is 8.42 Å². The number of nitrogens with two attached hydrogens (primary N) is 1. The highest BCUT2D eigenvalue weighted by molar-refractivity contribution is 7.88. The van der Waals surface area contributed by atoms with Gasteiger partial charge in [0, 0.05) is 18.3 Å². The first kappa shape index (κ1) is 16.0. The summed E-state index contributed by atoms with van der Waals surface area (Å²) in [7, 11) is -3.29. The molecule has 5 heteroatoms. The molecule has 0 fully saturated rings. The highest BCUT2D eigenvalue weighted by atomic mass is 32.2. The molecule has 0 amide bonds. The van der Waals surface area contributed by atoms with Crippen LogP contribution in [0.1, 0.15) is 33.3 Å². The van der Waals surface area contributed by atoms with Crippen molar-refractivity contribution in [3.63, 3.8) is 0 Å². The van der Waals surface area contributed by atoms with Crippen LogP contribution in [-0.2, 0) is 15.8 Å². The molecular weight excluding hydrogens is 260 g/mol. The van der Waals surface area contributed by atoms with E-state index in [2.05, 4.69) is 0 Å². The van der Waals surface area contributed by atoms with E-state index in [0.29, 0.717) is 18.2 Å². The minimum absolute atomic E-state index is 0.0260. The van der Waals surface area contributed by atoms with E-state index in [9.17, 15) is 8.42 Å². The summed E-state index contributed by atoms with van der Waals surface area (Å²) in [5.41, 5.74) is 7.01. The lowest BCUT2D eigenvalue weighted by Gasteiger charge is -2.27. The van der Waals surface area contributed by atoms with Gasteiger partial charge in [-0.2, -0.15) is 4.31 Å². The molecule has 0 heterocycles. The van der Waals surface area contributed by atoms with Crippen molar-refractivity contribution in [1.29, 1.82) is 0 Å². The van der Waals surface area contributed by atoms with Crippen LogP contribution in [0.5, 0.6) is 0 Å². The molecule has 1 rings (SSSR count). The summed E-state index contributed by atoms with van der Waals surface area (Å²) >= 11 is 0. The van der Waals surface area contributed by atoms with Crippen LogP contribution in [0.3, 0.4) is 0 Å². The summed E-state index contributed by atoms with van der Waals surface area (Å²) in [6.45, 7) is 8.41. The van der Waals surface area contributed by atoms with Gasteiger partial charge in [-0.05, 0) is 37.5 Å². The third kappa shape index (κ3) is 4.84. The summed E-state index contributed by atoms with van der Waals surface area (Å²) < 4.78 is 26.5. The molecule has 0 radical (unpaired) electrons. The highest BCUT2D eigenvalue weighted by Crippen LogP contribution is 2.16. The van der Waals surface area contributed by atoms with E-state index in [4.69, 9.17) is 5.73 Å². The van der Waals surface area contributed by atoms with E-state index in [1.54, 1.807) is 28.6 Å². The van der Waals surface area contributed by atoms with E-state index in [0.717, 1.165) is 5.56 Å². The van der Waals surface area contributed by atoms with E-state index < -0.39 is 10.0 Å². The number of anilines is 1. The average molecular weight is 284 g/mol. The maximum Gasteiger partial charge on any atom is 0.218 e. The van der Waals surface area contributed by atoms with Gasteiger partial charge in [0.15, 0.2) is 0 Å². The number of rotatable bonds is 6. The predicted octanol–water partition coefficient (Wildman–Crippen LogP) is 2.47. The zero-order valence-corrected chi connectivity index (χ0v) is 12.9. The quantitative estimate of drug-likeness (QED) is 0.816. The number of nitrogens with zero attached hydrogens (tertiary/aromatic N) is 1. The van der Waals surface area contributed by atoms with Gasteiger partial charge >= 0.3 is 0 Å². The molecule has 0 aliphatic rings. The summed E-state index contributed by atoms with van der Waals surface area (Å²) in [5.74, 6) is 0.335. The lowest BCUT2D eigenvalue weighted by atomic mass is 10.2. The molecule has 0 bridgehead atoms. The molecule has 0 spiro atoms. The molecule has 2 N–H and O–H groups in total. The third-order valence-corrected chi connectivity index (χ3v) is 4.79. The Bertz CT molecular complexity index is 493. The number of hydrogen-bond donors (Lipinski definition) is 1. The molecule has 4 nitrogen and oxygen atoms in total. The molecule has 0 aliphatic heterocycles. The second-order valence-electron chi connectivity index (χ2n) is 5.56. The predicted molar refractivity (Wildman–Crippen MR) is 80.2 cm³/mol. The Morgan fingerprint density at radius 1 is 1.11 bits per heavy atom. The standard InChI is InChI=1S/C14H24N2O2S/c1-11(2)9-16(12(3)4)19(17,18)10-13-5-7-14(15)8-6-13/h5-8,11-12H,9-10,15H2,1-4H3. The molecule has 0 unspecified atom stereocenters. The fourth-order valence-corrected chi connectivity index (χ4v) is 3.86. The first-order chi connectivity index (χ1) is 8.72. The number of nitrogen functional groups attached to an aromatic ring is 1. The lowest BCUT2D eigenvalue weighted by molar-refractivity contribution is 0.318. The number of hydrogen-bond acceptors (Lipinski definition) is 3. The Morgan fingerprint density at radius 3 is 2.05 bits per heavy atom. The van der Waals surface area contributed by atoms with E-state index in [1.165, 1.54) is 0 Å². The molecule has 1 aromatic carbocycles. The van der Waals surface area contributed by atoms with E-state index in [1.807, 2.05) is 27.7 Å². The van der Waals surface area contributed by atoms with Crippen molar-refractivity contribution >= 4 is 15.7 Å². The molecule has 19 heavy (non-hydrogen) atoms. The molecule has 0 aromatic heterocycles. The van der Waals surface area contributed by atoms with Crippen molar-refractivity contribution in [2.45, 2.75) is 39.5 Å². The summed E-state index contributed by atoms with van der Waals surface area (Å²) in [4.78, 5) is 0. The van der Waals surface area contributed by atoms with Crippen molar-refractivity contribution in [3.05, 3.63) is 29.8 Å². The van der Waals surface area contributed by atoms with Crippen molar-refractivity contribution in [2.75, 3.05) is 12.3 Å². The Kier molecular flexibility index (Phi) is 5.38. The van der Waals surface area contributed by atoms with Crippen LogP contribution in [0.25, 0.3) is 0 Å². The van der Waals surface area contributed by atoms with Crippen molar-refractivity contribution in [3.8, 4) is 0 Å².